The second-order valence-corrected chi connectivity index (χ2v) is 6.60. The van der Waals surface area contributed by atoms with Crippen LogP contribution in [0.4, 0.5) is 0 Å². The highest BCUT2D eigenvalue weighted by atomic mass is 16.5. The topological polar surface area (TPSA) is 51.5 Å². The maximum atomic E-state index is 13.2. The van der Waals surface area contributed by atoms with Gasteiger partial charge in [-0.1, -0.05) is 30.3 Å². The first-order chi connectivity index (χ1) is 12.7. The molecule has 5 heteroatoms. The van der Waals surface area contributed by atoms with Gasteiger partial charge in [0.05, 0.1) is 23.7 Å². The molecule has 0 amide bonds. The van der Waals surface area contributed by atoms with Crippen molar-refractivity contribution in [2.45, 2.75) is 26.2 Å². The van der Waals surface area contributed by atoms with Crippen molar-refractivity contribution in [1.82, 2.24) is 9.47 Å². The third-order valence-electron chi connectivity index (χ3n) is 5.00. The lowest BCUT2D eigenvalue weighted by molar-refractivity contribution is -0.138. The quantitative estimate of drug-likeness (QED) is 0.625. The van der Waals surface area contributed by atoms with Crippen LogP contribution in [-0.4, -0.2) is 41.0 Å². The fourth-order valence-corrected chi connectivity index (χ4v) is 3.84. The Labute approximate surface area is 152 Å². The zero-order valence-corrected chi connectivity index (χ0v) is 14.9. The molecule has 2 aliphatic rings. The first kappa shape index (κ1) is 16.6. The van der Waals surface area contributed by atoms with E-state index in [1.165, 1.54) is 6.42 Å². The number of nitrogens with zero attached hydrogens (tertiary/aromatic N) is 2. The van der Waals surface area contributed by atoms with Gasteiger partial charge in [0.2, 0.25) is 0 Å². The van der Waals surface area contributed by atoms with Crippen molar-refractivity contribution in [2.75, 3.05) is 19.7 Å². The largest absolute Gasteiger partial charge is 0.462 e. The van der Waals surface area contributed by atoms with E-state index in [0.29, 0.717) is 0 Å². The molecule has 3 heterocycles. The number of likely N-dealkylation sites (tertiary alicyclic amines) is 1. The number of ether oxygens (including phenoxy) is 1. The van der Waals surface area contributed by atoms with Crippen LogP contribution in [-0.2, 0) is 9.53 Å². The summed E-state index contributed by atoms with van der Waals surface area (Å²) >= 11 is 0. The van der Waals surface area contributed by atoms with Crippen LogP contribution in [0.25, 0.3) is 17.0 Å². The average Bonchev–Trinajstić information content (AvgIpc) is 3.22. The summed E-state index contributed by atoms with van der Waals surface area (Å²) in [5.74, 6) is -0.816. The molecule has 1 aromatic heterocycles. The van der Waals surface area contributed by atoms with Crippen LogP contribution in [0.15, 0.2) is 48.0 Å². The molecule has 2 aromatic rings. The normalized spacial score (nSPS) is 16.8. The summed E-state index contributed by atoms with van der Waals surface area (Å²) in [5, 5.41) is 0. The van der Waals surface area contributed by atoms with Gasteiger partial charge < -0.3 is 9.64 Å². The van der Waals surface area contributed by atoms with E-state index in [-0.39, 0.29) is 18.1 Å². The van der Waals surface area contributed by atoms with E-state index in [0.717, 1.165) is 48.6 Å². The molecule has 1 saturated heterocycles. The lowest BCUT2D eigenvalue weighted by atomic mass is 10.1. The molecule has 134 valence electrons. The van der Waals surface area contributed by atoms with Gasteiger partial charge in [0.15, 0.2) is 5.57 Å². The number of aromatic nitrogens is 1. The second kappa shape index (κ2) is 6.83. The van der Waals surface area contributed by atoms with Crippen molar-refractivity contribution in [2.24, 2.45) is 0 Å². The van der Waals surface area contributed by atoms with E-state index < -0.39 is 5.97 Å². The molecular formula is C21H22N2O3. The minimum atomic E-state index is -0.527. The molecule has 0 aliphatic carbocycles. The number of hydrogen-bond acceptors (Lipinski definition) is 4. The molecule has 0 saturated carbocycles. The molecule has 5 nitrogen and oxygen atoms in total. The standard InChI is InChI=1S/C21H22N2O3/c1-2-26-21(25)18-19(22-13-7-4-8-14-22)17-12-11-16(23(17)20(18)24)15-9-5-3-6-10-15/h3,5-6,9-12H,2,4,7-8,13-14H2,1H3. The minimum Gasteiger partial charge on any atom is -0.462 e. The number of rotatable bonds is 4. The van der Waals surface area contributed by atoms with Gasteiger partial charge in [-0.25, -0.2) is 4.79 Å². The van der Waals surface area contributed by atoms with Crippen LogP contribution in [0.3, 0.4) is 0 Å². The summed E-state index contributed by atoms with van der Waals surface area (Å²) in [4.78, 5) is 27.9. The maximum Gasteiger partial charge on any atom is 0.346 e. The summed E-state index contributed by atoms with van der Waals surface area (Å²) < 4.78 is 6.86. The summed E-state index contributed by atoms with van der Waals surface area (Å²) in [6, 6.07) is 13.7. The molecule has 4 rings (SSSR count). The van der Waals surface area contributed by atoms with E-state index in [2.05, 4.69) is 4.90 Å². The van der Waals surface area contributed by atoms with Gasteiger partial charge in [0.25, 0.3) is 5.91 Å². The Morgan fingerprint density at radius 2 is 1.69 bits per heavy atom. The molecule has 0 bridgehead atoms. The highest BCUT2D eigenvalue weighted by molar-refractivity contribution is 6.26. The SMILES string of the molecule is CCOC(=O)C1=C(N2CCCCC2)c2ccc(-c3ccccc3)n2C1=O. The molecule has 2 aliphatic heterocycles. The Hall–Kier alpha value is -2.82. The van der Waals surface area contributed by atoms with Gasteiger partial charge in [-0.3, -0.25) is 9.36 Å². The number of hydrogen-bond donors (Lipinski definition) is 0. The van der Waals surface area contributed by atoms with Crippen LogP contribution in [0.2, 0.25) is 0 Å². The predicted molar refractivity (Wildman–Crippen MR) is 99.5 cm³/mol. The van der Waals surface area contributed by atoms with Gasteiger partial charge in [0.1, 0.15) is 0 Å². The predicted octanol–water partition coefficient (Wildman–Crippen LogP) is 3.57. The molecule has 1 aromatic carbocycles. The third kappa shape index (κ3) is 2.64. The van der Waals surface area contributed by atoms with E-state index >= 15 is 0 Å². The Morgan fingerprint density at radius 1 is 1.00 bits per heavy atom. The molecule has 0 radical (unpaired) electrons. The monoisotopic (exact) mass is 350 g/mol. The van der Waals surface area contributed by atoms with Crippen molar-refractivity contribution in [3.8, 4) is 11.3 Å². The van der Waals surface area contributed by atoms with Crippen molar-refractivity contribution in [3.63, 3.8) is 0 Å². The zero-order valence-electron chi connectivity index (χ0n) is 14.9. The molecular weight excluding hydrogens is 328 g/mol. The van der Waals surface area contributed by atoms with Crippen LogP contribution < -0.4 is 0 Å². The van der Waals surface area contributed by atoms with Crippen LogP contribution in [0.5, 0.6) is 0 Å². The first-order valence-corrected chi connectivity index (χ1v) is 9.21. The molecule has 0 N–H and O–H groups in total. The van der Waals surface area contributed by atoms with Crippen LogP contribution >= 0.6 is 0 Å². The molecule has 0 unspecified atom stereocenters. The number of benzene rings is 1. The number of carbonyl (C=O) groups excluding carboxylic acids is 2. The molecule has 26 heavy (non-hydrogen) atoms. The highest BCUT2D eigenvalue weighted by Gasteiger charge is 2.39. The smallest absolute Gasteiger partial charge is 0.346 e. The summed E-state index contributed by atoms with van der Waals surface area (Å²) in [6.45, 7) is 3.73. The summed E-state index contributed by atoms with van der Waals surface area (Å²) in [7, 11) is 0. The Morgan fingerprint density at radius 3 is 2.38 bits per heavy atom. The summed E-state index contributed by atoms with van der Waals surface area (Å²) in [6.07, 6.45) is 3.32. The van der Waals surface area contributed by atoms with Gasteiger partial charge in [-0.05, 0) is 43.9 Å². The maximum absolute atomic E-state index is 13.2. The van der Waals surface area contributed by atoms with Gasteiger partial charge in [0, 0.05) is 13.1 Å². The van der Waals surface area contributed by atoms with Crippen molar-refractivity contribution in [1.29, 1.82) is 0 Å². The molecule has 0 atom stereocenters. The average molecular weight is 350 g/mol. The molecule has 1 fully saturated rings. The fraction of sp³-hybridized carbons (Fsp3) is 0.333. The van der Waals surface area contributed by atoms with Gasteiger partial charge >= 0.3 is 5.97 Å². The summed E-state index contributed by atoms with van der Waals surface area (Å²) in [5.41, 5.74) is 3.45. The van der Waals surface area contributed by atoms with Crippen molar-refractivity contribution >= 4 is 17.6 Å². The number of piperidine rings is 1. The Balaban J connectivity index is 1.84. The highest BCUT2D eigenvalue weighted by Crippen LogP contribution is 2.37. The van der Waals surface area contributed by atoms with Crippen molar-refractivity contribution in [3.05, 3.63) is 53.7 Å². The van der Waals surface area contributed by atoms with Crippen LogP contribution in [0.1, 0.15) is 36.7 Å². The lowest BCUT2D eigenvalue weighted by Gasteiger charge is -2.30. The zero-order chi connectivity index (χ0) is 18.1. The van der Waals surface area contributed by atoms with E-state index in [1.807, 2.05) is 42.5 Å². The lowest BCUT2D eigenvalue weighted by Crippen LogP contribution is -2.29. The van der Waals surface area contributed by atoms with Crippen LogP contribution in [0, 0.1) is 0 Å². The second-order valence-electron chi connectivity index (χ2n) is 6.60. The minimum absolute atomic E-state index is 0.168. The van der Waals surface area contributed by atoms with E-state index in [1.54, 1.807) is 11.5 Å². The van der Waals surface area contributed by atoms with Crippen molar-refractivity contribution < 1.29 is 14.3 Å². The number of fused-ring (bicyclic) bond motifs is 1. The van der Waals surface area contributed by atoms with Gasteiger partial charge in [-0.2, -0.15) is 0 Å². The number of esters is 1. The number of carbonyl (C=O) groups is 2. The fourth-order valence-electron chi connectivity index (χ4n) is 3.84. The Kier molecular flexibility index (Phi) is 4.37. The van der Waals surface area contributed by atoms with E-state index in [4.69, 9.17) is 4.74 Å². The third-order valence-corrected chi connectivity index (χ3v) is 5.00. The van der Waals surface area contributed by atoms with Gasteiger partial charge in [-0.15, -0.1) is 0 Å². The Bertz CT molecular complexity index is 874. The van der Waals surface area contributed by atoms with E-state index in [9.17, 15) is 9.59 Å². The molecule has 0 spiro atoms. The first-order valence-electron chi connectivity index (χ1n) is 9.21.